The van der Waals surface area contributed by atoms with Gasteiger partial charge in [0.15, 0.2) is 0 Å². The van der Waals surface area contributed by atoms with Crippen LogP contribution in [0, 0.1) is 5.82 Å². The van der Waals surface area contributed by atoms with Crippen molar-refractivity contribution in [2.75, 3.05) is 26.2 Å². The minimum absolute atomic E-state index is 0.0823. The Labute approximate surface area is 145 Å². The molecule has 1 aliphatic heterocycles. The highest BCUT2D eigenvalue weighted by Crippen LogP contribution is 2.20. The maximum atomic E-state index is 13.0. The van der Waals surface area contributed by atoms with Gasteiger partial charge >= 0.3 is 0 Å². The van der Waals surface area contributed by atoms with Gasteiger partial charge in [0.1, 0.15) is 5.82 Å². The van der Waals surface area contributed by atoms with Crippen LogP contribution >= 0.6 is 0 Å². The summed E-state index contributed by atoms with van der Waals surface area (Å²) in [6.07, 6.45) is 1.80. The van der Waals surface area contributed by atoms with Crippen molar-refractivity contribution in [3.05, 3.63) is 71.7 Å². The zero-order valence-electron chi connectivity index (χ0n) is 13.9. The Balaban J connectivity index is 1.39. The average molecular weight is 337 g/mol. The molecule has 1 fully saturated rings. The standard InChI is InChI=1S/C20H20FN3O/c21-16-7-5-15(6-8-16)14-23-9-11-24(12-10-23)20(25)18-13-22-19-4-2-1-3-17(18)19/h1-8,13,22H,9-12,14H2. The van der Waals surface area contributed by atoms with Crippen molar-refractivity contribution < 1.29 is 9.18 Å². The van der Waals surface area contributed by atoms with Crippen LogP contribution in [0.1, 0.15) is 15.9 Å². The molecule has 0 aliphatic carbocycles. The first kappa shape index (κ1) is 15.8. The number of rotatable bonds is 3. The smallest absolute Gasteiger partial charge is 0.256 e. The number of carbonyl (C=O) groups excluding carboxylic acids is 1. The number of nitrogens with zero attached hydrogens (tertiary/aromatic N) is 2. The summed E-state index contributed by atoms with van der Waals surface area (Å²) in [4.78, 5) is 20.2. The van der Waals surface area contributed by atoms with Crippen LogP contribution in [0.15, 0.2) is 54.7 Å². The summed E-state index contributed by atoms with van der Waals surface area (Å²) < 4.78 is 13.0. The maximum Gasteiger partial charge on any atom is 0.256 e. The topological polar surface area (TPSA) is 39.3 Å². The van der Waals surface area contributed by atoms with E-state index in [1.54, 1.807) is 6.20 Å². The highest BCUT2D eigenvalue weighted by Gasteiger charge is 2.23. The number of hydrogen-bond acceptors (Lipinski definition) is 2. The van der Waals surface area contributed by atoms with Gasteiger partial charge in [-0.2, -0.15) is 0 Å². The van der Waals surface area contributed by atoms with E-state index in [2.05, 4.69) is 9.88 Å². The number of amides is 1. The molecule has 5 heteroatoms. The summed E-state index contributed by atoms with van der Waals surface area (Å²) >= 11 is 0. The molecule has 0 bridgehead atoms. The SMILES string of the molecule is O=C(c1c[nH]c2ccccc12)N1CCN(Cc2ccc(F)cc2)CC1. The first-order valence-electron chi connectivity index (χ1n) is 8.53. The quantitative estimate of drug-likeness (QED) is 0.797. The summed E-state index contributed by atoms with van der Waals surface area (Å²) in [5.41, 5.74) is 2.82. The van der Waals surface area contributed by atoms with Crippen molar-refractivity contribution in [2.24, 2.45) is 0 Å². The third kappa shape index (κ3) is 3.28. The molecule has 128 valence electrons. The van der Waals surface area contributed by atoms with E-state index < -0.39 is 0 Å². The molecule has 25 heavy (non-hydrogen) atoms. The van der Waals surface area contributed by atoms with E-state index in [1.807, 2.05) is 41.3 Å². The lowest BCUT2D eigenvalue weighted by atomic mass is 10.1. The van der Waals surface area contributed by atoms with Gasteiger partial charge in [0, 0.05) is 49.8 Å². The lowest BCUT2D eigenvalue weighted by Crippen LogP contribution is -2.48. The third-order valence-corrected chi connectivity index (χ3v) is 4.80. The van der Waals surface area contributed by atoms with Crippen molar-refractivity contribution in [3.8, 4) is 0 Å². The largest absolute Gasteiger partial charge is 0.360 e. The molecule has 0 spiro atoms. The molecule has 0 atom stereocenters. The van der Waals surface area contributed by atoms with Crippen LogP contribution in [-0.2, 0) is 6.54 Å². The zero-order valence-corrected chi connectivity index (χ0v) is 13.9. The fraction of sp³-hybridized carbons (Fsp3) is 0.250. The molecule has 1 saturated heterocycles. The van der Waals surface area contributed by atoms with E-state index >= 15 is 0 Å². The van der Waals surface area contributed by atoms with Crippen LogP contribution in [0.4, 0.5) is 4.39 Å². The number of hydrogen-bond donors (Lipinski definition) is 1. The predicted molar refractivity (Wildman–Crippen MR) is 95.9 cm³/mol. The fourth-order valence-corrected chi connectivity index (χ4v) is 3.38. The normalized spacial score (nSPS) is 15.6. The molecule has 0 radical (unpaired) electrons. The van der Waals surface area contributed by atoms with E-state index in [-0.39, 0.29) is 11.7 Å². The first-order valence-corrected chi connectivity index (χ1v) is 8.53. The minimum Gasteiger partial charge on any atom is -0.360 e. The first-order chi connectivity index (χ1) is 12.2. The zero-order chi connectivity index (χ0) is 17.2. The highest BCUT2D eigenvalue weighted by atomic mass is 19.1. The van der Waals surface area contributed by atoms with Crippen molar-refractivity contribution in [1.29, 1.82) is 0 Å². The summed E-state index contributed by atoms with van der Waals surface area (Å²) in [6, 6.07) is 14.5. The van der Waals surface area contributed by atoms with E-state index in [0.29, 0.717) is 13.1 Å². The molecule has 1 aromatic heterocycles. The summed E-state index contributed by atoms with van der Waals surface area (Å²) in [7, 11) is 0. The second-order valence-corrected chi connectivity index (χ2v) is 6.44. The van der Waals surface area contributed by atoms with Crippen LogP contribution in [0.5, 0.6) is 0 Å². The lowest BCUT2D eigenvalue weighted by molar-refractivity contribution is 0.0630. The van der Waals surface area contributed by atoms with Gasteiger partial charge in [-0.1, -0.05) is 30.3 Å². The van der Waals surface area contributed by atoms with Crippen LogP contribution in [0.25, 0.3) is 10.9 Å². The summed E-state index contributed by atoms with van der Waals surface area (Å²) in [5, 5.41) is 0.973. The number of para-hydroxylation sites is 1. The number of carbonyl (C=O) groups is 1. The Morgan fingerprint density at radius 1 is 1.00 bits per heavy atom. The lowest BCUT2D eigenvalue weighted by Gasteiger charge is -2.34. The molecule has 4 nitrogen and oxygen atoms in total. The van der Waals surface area contributed by atoms with Gasteiger partial charge in [-0.3, -0.25) is 9.69 Å². The van der Waals surface area contributed by atoms with Gasteiger partial charge in [0.25, 0.3) is 5.91 Å². The number of H-pyrrole nitrogens is 1. The Kier molecular flexibility index (Phi) is 4.24. The van der Waals surface area contributed by atoms with Gasteiger partial charge in [-0.25, -0.2) is 4.39 Å². The molecule has 2 aromatic carbocycles. The molecule has 1 aliphatic rings. The van der Waals surface area contributed by atoms with Crippen molar-refractivity contribution in [1.82, 2.24) is 14.8 Å². The minimum atomic E-state index is -0.210. The van der Waals surface area contributed by atoms with Gasteiger partial charge < -0.3 is 9.88 Å². The van der Waals surface area contributed by atoms with Crippen molar-refractivity contribution >= 4 is 16.8 Å². The number of nitrogens with one attached hydrogen (secondary N) is 1. The molecule has 1 N–H and O–H groups in total. The number of benzene rings is 2. The monoisotopic (exact) mass is 337 g/mol. The van der Waals surface area contributed by atoms with E-state index in [1.165, 1.54) is 12.1 Å². The fourth-order valence-electron chi connectivity index (χ4n) is 3.38. The number of piperazine rings is 1. The molecule has 1 amide bonds. The predicted octanol–water partition coefficient (Wildman–Crippen LogP) is 3.27. The van der Waals surface area contributed by atoms with E-state index in [9.17, 15) is 9.18 Å². The second kappa shape index (κ2) is 6.69. The van der Waals surface area contributed by atoms with E-state index in [0.717, 1.165) is 41.7 Å². The Bertz CT molecular complexity index is 879. The number of aromatic nitrogens is 1. The molecular formula is C20H20FN3O. The summed E-state index contributed by atoms with van der Waals surface area (Å²) in [5.74, 6) is -0.128. The Morgan fingerprint density at radius 2 is 1.72 bits per heavy atom. The highest BCUT2D eigenvalue weighted by molar-refractivity contribution is 6.06. The third-order valence-electron chi connectivity index (χ3n) is 4.80. The second-order valence-electron chi connectivity index (χ2n) is 6.44. The van der Waals surface area contributed by atoms with Gasteiger partial charge in [0.2, 0.25) is 0 Å². The Morgan fingerprint density at radius 3 is 2.48 bits per heavy atom. The molecule has 2 heterocycles. The van der Waals surface area contributed by atoms with Crippen molar-refractivity contribution in [2.45, 2.75) is 6.54 Å². The molecule has 0 saturated carbocycles. The van der Waals surface area contributed by atoms with E-state index in [4.69, 9.17) is 0 Å². The molecular weight excluding hydrogens is 317 g/mol. The molecule has 3 aromatic rings. The van der Waals surface area contributed by atoms with Crippen LogP contribution < -0.4 is 0 Å². The number of halogens is 1. The molecule has 0 unspecified atom stereocenters. The van der Waals surface area contributed by atoms with Gasteiger partial charge in [-0.05, 0) is 23.8 Å². The maximum absolute atomic E-state index is 13.0. The average Bonchev–Trinajstić information content (AvgIpc) is 3.08. The molecule has 4 rings (SSSR count). The van der Waals surface area contributed by atoms with Crippen LogP contribution in [-0.4, -0.2) is 46.9 Å². The number of aromatic amines is 1. The number of fused-ring (bicyclic) bond motifs is 1. The van der Waals surface area contributed by atoms with Crippen LogP contribution in [0.3, 0.4) is 0 Å². The summed E-state index contributed by atoms with van der Waals surface area (Å²) in [6.45, 7) is 3.85. The van der Waals surface area contributed by atoms with Gasteiger partial charge in [-0.15, -0.1) is 0 Å². The van der Waals surface area contributed by atoms with Crippen LogP contribution in [0.2, 0.25) is 0 Å². The Hall–Kier alpha value is -2.66. The van der Waals surface area contributed by atoms with Gasteiger partial charge in [0.05, 0.1) is 5.56 Å². The van der Waals surface area contributed by atoms with Crippen molar-refractivity contribution in [3.63, 3.8) is 0 Å².